The molecule has 0 spiro atoms. The van der Waals surface area contributed by atoms with Crippen molar-refractivity contribution in [1.82, 2.24) is 9.80 Å². The average Bonchev–Trinajstić information content (AvgIpc) is 3.01. The molecule has 3 aliphatic rings. The molecule has 4 rings (SSSR count). The number of benzene rings is 1. The number of nitrogens with zero attached hydrogens (tertiary/aromatic N) is 2. The zero-order chi connectivity index (χ0) is 20.6. The van der Waals surface area contributed by atoms with Gasteiger partial charge in [0.1, 0.15) is 0 Å². The molecule has 160 valence electrons. The van der Waals surface area contributed by atoms with E-state index in [-0.39, 0.29) is 24.1 Å². The van der Waals surface area contributed by atoms with E-state index in [1.54, 1.807) is 4.90 Å². The third-order valence-electron chi connectivity index (χ3n) is 6.92. The fourth-order valence-electron chi connectivity index (χ4n) is 5.32. The predicted molar refractivity (Wildman–Crippen MR) is 106 cm³/mol. The molecule has 7 heteroatoms. The molecule has 0 radical (unpaired) electrons. The predicted octanol–water partition coefficient (Wildman–Crippen LogP) is 4.22. The van der Waals surface area contributed by atoms with Crippen LogP contribution in [-0.4, -0.2) is 41.4 Å². The van der Waals surface area contributed by atoms with Gasteiger partial charge < -0.3 is 15.5 Å². The van der Waals surface area contributed by atoms with Crippen LogP contribution in [0.15, 0.2) is 12.1 Å². The van der Waals surface area contributed by atoms with Gasteiger partial charge in [-0.15, -0.1) is 0 Å². The normalized spacial score (nSPS) is 26.2. The lowest BCUT2D eigenvalue weighted by Gasteiger charge is -2.32. The first kappa shape index (κ1) is 20.5. The topological polar surface area (TPSA) is 49.6 Å². The summed E-state index contributed by atoms with van der Waals surface area (Å²) in [5.74, 6) is 0.0944. The van der Waals surface area contributed by atoms with Crippen molar-refractivity contribution in [3.05, 3.63) is 28.8 Å². The lowest BCUT2D eigenvalue weighted by Crippen LogP contribution is -2.40. The zero-order valence-corrected chi connectivity index (χ0v) is 16.8. The molecule has 1 aliphatic carbocycles. The third kappa shape index (κ3) is 4.39. The van der Waals surface area contributed by atoms with E-state index in [2.05, 4.69) is 4.90 Å². The van der Waals surface area contributed by atoms with Crippen LogP contribution in [0.25, 0.3) is 0 Å². The number of rotatable bonds is 2. The van der Waals surface area contributed by atoms with Crippen molar-refractivity contribution in [3.63, 3.8) is 0 Å². The fraction of sp³-hybridized carbons (Fsp3) is 0.682. The Hall–Kier alpha value is -1.76. The van der Waals surface area contributed by atoms with Gasteiger partial charge in [-0.25, -0.2) is 0 Å². The highest BCUT2D eigenvalue weighted by atomic mass is 19.4. The van der Waals surface area contributed by atoms with Crippen LogP contribution in [0.5, 0.6) is 0 Å². The number of carbonyl (C=O) groups is 1. The summed E-state index contributed by atoms with van der Waals surface area (Å²) in [6, 6.07) is 2.66. The minimum atomic E-state index is -4.43. The van der Waals surface area contributed by atoms with Crippen molar-refractivity contribution in [1.29, 1.82) is 0 Å². The molecular formula is C22H30F3N3O. The second-order valence-corrected chi connectivity index (χ2v) is 8.82. The van der Waals surface area contributed by atoms with Gasteiger partial charge in [0.15, 0.2) is 0 Å². The smallest absolute Gasteiger partial charge is 0.398 e. The van der Waals surface area contributed by atoms with Crippen molar-refractivity contribution < 1.29 is 18.0 Å². The van der Waals surface area contributed by atoms with Crippen LogP contribution >= 0.6 is 0 Å². The lowest BCUT2D eigenvalue weighted by atomic mass is 9.94. The van der Waals surface area contributed by atoms with Crippen molar-refractivity contribution in [2.45, 2.75) is 70.1 Å². The van der Waals surface area contributed by atoms with Crippen LogP contribution in [0.2, 0.25) is 0 Å². The molecule has 1 amide bonds. The zero-order valence-electron chi connectivity index (χ0n) is 16.8. The van der Waals surface area contributed by atoms with E-state index >= 15 is 0 Å². The molecule has 2 fully saturated rings. The maximum absolute atomic E-state index is 13.1. The summed E-state index contributed by atoms with van der Waals surface area (Å²) in [5.41, 5.74) is 6.64. The van der Waals surface area contributed by atoms with Gasteiger partial charge in [0, 0.05) is 30.7 Å². The Morgan fingerprint density at radius 3 is 2.45 bits per heavy atom. The summed E-state index contributed by atoms with van der Waals surface area (Å²) in [6.07, 6.45) is 3.97. The van der Waals surface area contributed by atoms with Gasteiger partial charge in [-0.1, -0.05) is 12.8 Å². The Kier molecular flexibility index (Phi) is 5.78. The van der Waals surface area contributed by atoms with Crippen LogP contribution < -0.4 is 5.73 Å². The van der Waals surface area contributed by atoms with Crippen molar-refractivity contribution in [3.8, 4) is 0 Å². The van der Waals surface area contributed by atoms with Gasteiger partial charge in [-0.05, 0) is 74.9 Å². The number of hydrogen-bond donors (Lipinski definition) is 1. The van der Waals surface area contributed by atoms with Gasteiger partial charge >= 0.3 is 6.18 Å². The minimum Gasteiger partial charge on any atom is -0.398 e. The maximum Gasteiger partial charge on any atom is 0.416 e. The van der Waals surface area contributed by atoms with E-state index in [1.807, 2.05) is 0 Å². The molecule has 1 saturated heterocycles. The largest absolute Gasteiger partial charge is 0.416 e. The van der Waals surface area contributed by atoms with E-state index < -0.39 is 11.7 Å². The number of alkyl halides is 3. The van der Waals surface area contributed by atoms with Crippen LogP contribution in [-0.2, 0) is 23.9 Å². The standard InChI is InChI=1S/C22H30F3N3O/c23-22(24,25)17-11-16-14-28(10-7-19(16)20(26)13-17)21(29)15-5-6-18(12-15)27-8-3-1-2-4-9-27/h11,13,15,18H,1-10,12,14,26H2. The summed E-state index contributed by atoms with van der Waals surface area (Å²) < 4.78 is 39.4. The van der Waals surface area contributed by atoms with Crippen molar-refractivity contribution >= 4 is 11.6 Å². The van der Waals surface area contributed by atoms with E-state index in [4.69, 9.17) is 5.73 Å². The highest BCUT2D eigenvalue weighted by Gasteiger charge is 2.37. The lowest BCUT2D eigenvalue weighted by molar-refractivity contribution is -0.137. The van der Waals surface area contributed by atoms with Crippen molar-refractivity contribution in [2.75, 3.05) is 25.4 Å². The number of hydrogen-bond acceptors (Lipinski definition) is 3. The van der Waals surface area contributed by atoms with E-state index in [1.165, 1.54) is 31.7 Å². The SMILES string of the molecule is Nc1cc(C(F)(F)F)cc2c1CCN(C(=O)C1CCC(N3CCCCCC3)C1)C2. The monoisotopic (exact) mass is 409 g/mol. The van der Waals surface area contributed by atoms with Crippen LogP contribution in [0.1, 0.15) is 61.6 Å². The summed E-state index contributed by atoms with van der Waals surface area (Å²) in [6.45, 7) is 3.02. The molecular weight excluding hydrogens is 379 g/mol. The van der Waals surface area contributed by atoms with Crippen molar-refractivity contribution in [2.24, 2.45) is 5.92 Å². The number of amides is 1. The molecule has 2 unspecified atom stereocenters. The highest BCUT2D eigenvalue weighted by molar-refractivity contribution is 5.79. The fourth-order valence-corrected chi connectivity index (χ4v) is 5.32. The Bertz CT molecular complexity index is 756. The molecule has 4 nitrogen and oxygen atoms in total. The number of likely N-dealkylation sites (tertiary alicyclic amines) is 1. The molecule has 2 heterocycles. The molecule has 2 aliphatic heterocycles. The average molecular weight is 409 g/mol. The number of nitrogen functional groups attached to an aromatic ring is 1. The molecule has 1 saturated carbocycles. The molecule has 2 atom stereocenters. The quantitative estimate of drug-likeness (QED) is 0.745. The third-order valence-corrected chi connectivity index (χ3v) is 6.92. The summed E-state index contributed by atoms with van der Waals surface area (Å²) in [5, 5.41) is 0. The summed E-state index contributed by atoms with van der Waals surface area (Å²) in [4.78, 5) is 17.4. The second-order valence-electron chi connectivity index (χ2n) is 8.82. The molecule has 29 heavy (non-hydrogen) atoms. The number of carbonyl (C=O) groups excluding carboxylic acids is 1. The Morgan fingerprint density at radius 1 is 1.03 bits per heavy atom. The minimum absolute atomic E-state index is 0.00653. The second kappa shape index (κ2) is 8.17. The van der Waals surface area contributed by atoms with E-state index in [0.29, 0.717) is 24.6 Å². The first-order chi connectivity index (χ1) is 13.8. The van der Waals surface area contributed by atoms with E-state index in [0.717, 1.165) is 44.0 Å². The number of nitrogens with two attached hydrogens (primary N) is 1. The van der Waals surface area contributed by atoms with Crippen LogP contribution in [0.3, 0.4) is 0 Å². The first-order valence-electron chi connectivity index (χ1n) is 10.8. The highest BCUT2D eigenvalue weighted by Crippen LogP contribution is 2.37. The van der Waals surface area contributed by atoms with Gasteiger partial charge in [0.05, 0.1) is 5.56 Å². The Labute approximate surface area is 170 Å². The van der Waals surface area contributed by atoms with Crippen LogP contribution in [0, 0.1) is 5.92 Å². The number of fused-ring (bicyclic) bond motifs is 1. The van der Waals surface area contributed by atoms with Gasteiger partial charge in [0.25, 0.3) is 0 Å². The number of halogens is 3. The molecule has 1 aromatic carbocycles. The molecule has 0 bridgehead atoms. The van der Waals surface area contributed by atoms with Gasteiger partial charge in [0.2, 0.25) is 5.91 Å². The molecule has 1 aromatic rings. The van der Waals surface area contributed by atoms with Crippen LogP contribution in [0.4, 0.5) is 18.9 Å². The maximum atomic E-state index is 13.1. The molecule has 0 aromatic heterocycles. The Morgan fingerprint density at radius 2 is 1.76 bits per heavy atom. The number of anilines is 1. The van der Waals surface area contributed by atoms with Gasteiger partial charge in [-0.3, -0.25) is 4.79 Å². The summed E-state index contributed by atoms with van der Waals surface area (Å²) >= 11 is 0. The molecule has 2 N–H and O–H groups in total. The Balaban J connectivity index is 1.43. The summed E-state index contributed by atoms with van der Waals surface area (Å²) in [7, 11) is 0. The van der Waals surface area contributed by atoms with Gasteiger partial charge in [-0.2, -0.15) is 13.2 Å². The first-order valence-corrected chi connectivity index (χ1v) is 10.8. The van der Waals surface area contributed by atoms with E-state index in [9.17, 15) is 18.0 Å².